The molecule has 1 N–H and O–H groups in total. The lowest BCUT2D eigenvalue weighted by molar-refractivity contribution is -0.132. The van der Waals surface area contributed by atoms with Crippen LogP contribution in [-0.2, 0) is 35.5 Å². The van der Waals surface area contributed by atoms with Gasteiger partial charge in [0.2, 0.25) is 11.8 Å². The van der Waals surface area contributed by atoms with Gasteiger partial charge < -0.3 is 19.5 Å². The van der Waals surface area contributed by atoms with Crippen molar-refractivity contribution in [2.24, 2.45) is 0 Å². The molecule has 1 aromatic carbocycles. The summed E-state index contributed by atoms with van der Waals surface area (Å²) < 4.78 is 7.20. The van der Waals surface area contributed by atoms with Gasteiger partial charge in [0.25, 0.3) is 0 Å². The molecule has 34 heavy (non-hydrogen) atoms. The number of hydrogen-bond acceptors (Lipinski definition) is 6. The molecule has 176 valence electrons. The van der Waals surface area contributed by atoms with Crippen molar-refractivity contribution in [3.8, 4) is 11.8 Å². The van der Waals surface area contributed by atoms with Crippen molar-refractivity contribution >= 4 is 28.2 Å². The van der Waals surface area contributed by atoms with E-state index in [2.05, 4.69) is 16.4 Å². The van der Waals surface area contributed by atoms with Crippen molar-refractivity contribution in [3.63, 3.8) is 0 Å². The van der Waals surface area contributed by atoms with Gasteiger partial charge in [0.05, 0.1) is 19.2 Å². The molecule has 9 heteroatoms. The Kier molecular flexibility index (Phi) is 7.28. The van der Waals surface area contributed by atoms with E-state index in [1.165, 1.54) is 11.3 Å². The predicted octanol–water partition coefficient (Wildman–Crippen LogP) is 3.68. The number of carbonyl (C=O) groups is 2. The highest BCUT2D eigenvalue weighted by Gasteiger charge is 2.27. The molecule has 3 heterocycles. The smallest absolute Gasteiger partial charge is 0.225 e. The fraction of sp³-hybridized carbons (Fsp3) is 0.360. The highest BCUT2D eigenvalue weighted by Crippen LogP contribution is 2.37. The molecule has 4 rings (SSSR count). The normalized spacial score (nSPS) is 12.7. The number of methoxy groups -OCH3 is 1. The van der Waals surface area contributed by atoms with Crippen LogP contribution in [0.5, 0.6) is 5.75 Å². The number of amides is 2. The number of rotatable bonds is 8. The highest BCUT2D eigenvalue weighted by atomic mass is 32.1. The Labute approximate surface area is 202 Å². The second-order valence-corrected chi connectivity index (χ2v) is 9.31. The van der Waals surface area contributed by atoms with Crippen LogP contribution in [0.15, 0.2) is 36.7 Å². The zero-order chi connectivity index (χ0) is 24.1. The van der Waals surface area contributed by atoms with Gasteiger partial charge in [-0.25, -0.2) is 4.98 Å². The van der Waals surface area contributed by atoms with Crippen LogP contribution in [-0.4, -0.2) is 39.9 Å². The van der Waals surface area contributed by atoms with Gasteiger partial charge >= 0.3 is 0 Å². The molecule has 1 aliphatic heterocycles. The van der Waals surface area contributed by atoms with Crippen LogP contribution < -0.4 is 10.1 Å². The number of ether oxygens (including phenoxy) is 1. The Bertz CT molecular complexity index is 1240. The largest absolute Gasteiger partial charge is 0.497 e. The van der Waals surface area contributed by atoms with Crippen molar-refractivity contribution < 1.29 is 14.3 Å². The molecule has 0 unspecified atom stereocenters. The lowest BCUT2D eigenvalue weighted by Crippen LogP contribution is -2.35. The number of benzene rings is 1. The average molecular weight is 478 g/mol. The SMILES string of the molecule is COc1cccc(CCC(=O)Nc2sc3c(c2C#N)CCN(C(=O)CCn2ccnc2C)C3)c1. The lowest BCUT2D eigenvalue weighted by Gasteiger charge is -2.27. The Morgan fingerprint density at radius 3 is 2.91 bits per heavy atom. The number of nitrogens with zero attached hydrogens (tertiary/aromatic N) is 4. The van der Waals surface area contributed by atoms with Crippen LogP contribution in [0.2, 0.25) is 0 Å². The van der Waals surface area contributed by atoms with Crippen molar-refractivity contribution in [2.75, 3.05) is 19.0 Å². The first-order valence-electron chi connectivity index (χ1n) is 11.2. The van der Waals surface area contributed by atoms with Gasteiger partial charge in [-0.05, 0) is 43.0 Å². The third kappa shape index (κ3) is 5.29. The average Bonchev–Trinajstić information content (AvgIpc) is 3.42. The first kappa shape index (κ1) is 23.5. The topological polar surface area (TPSA) is 100 Å². The van der Waals surface area contributed by atoms with E-state index in [9.17, 15) is 14.9 Å². The summed E-state index contributed by atoms with van der Waals surface area (Å²) in [4.78, 5) is 32.4. The maximum Gasteiger partial charge on any atom is 0.225 e. The van der Waals surface area contributed by atoms with Crippen molar-refractivity contribution in [1.29, 1.82) is 5.26 Å². The van der Waals surface area contributed by atoms with Gasteiger partial charge in [-0.2, -0.15) is 5.26 Å². The summed E-state index contributed by atoms with van der Waals surface area (Å²) in [6.45, 7) is 3.55. The maximum atomic E-state index is 12.8. The Morgan fingerprint density at radius 2 is 2.18 bits per heavy atom. The maximum absolute atomic E-state index is 12.8. The molecule has 0 spiro atoms. The number of nitriles is 1. The molecule has 0 bridgehead atoms. The molecule has 2 aromatic heterocycles. The Morgan fingerprint density at radius 1 is 1.32 bits per heavy atom. The minimum atomic E-state index is -0.137. The van der Waals surface area contributed by atoms with E-state index >= 15 is 0 Å². The lowest BCUT2D eigenvalue weighted by atomic mass is 10.0. The molecule has 8 nitrogen and oxygen atoms in total. The molecular weight excluding hydrogens is 450 g/mol. The summed E-state index contributed by atoms with van der Waals surface area (Å²) in [5, 5.41) is 13.2. The second-order valence-electron chi connectivity index (χ2n) is 8.20. The first-order chi connectivity index (χ1) is 16.5. The number of thiophene rings is 1. The monoisotopic (exact) mass is 477 g/mol. The molecule has 0 saturated carbocycles. The van der Waals surface area contributed by atoms with Gasteiger partial charge in [-0.3, -0.25) is 9.59 Å². The van der Waals surface area contributed by atoms with Gasteiger partial charge in [-0.1, -0.05) is 12.1 Å². The predicted molar refractivity (Wildman–Crippen MR) is 130 cm³/mol. The number of nitrogens with one attached hydrogen (secondary N) is 1. The van der Waals surface area contributed by atoms with Gasteiger partial charge in [0.15, 0.2) is 0 Å². The summed E-state index contributed by atoms with van der Waals surface area (Å²) >= 11 is 1.40. The van der Waals surface area contributed by atoms with Crippen LogP contribution in [0.1, 0.15) is 40.2 Å². The molecule has 2 amide bonds. The molecule has 1 aliphatic rings. The third-order valence-electron chi connectivity index (χ3n) is 6.04. The second kappa shape index (κ2) is 10.5. The van der Waals surface area contributed by atoms with Crippen LogP contribution in [0.4, 0.5) is 5.00 Å². The van der Waals surface area contributed by atoms with E-state index in [4.69, 9.17) is 4.74 Å². The zero-order valence-corrected chi connectivity index (χ0v) is 20.2. The number of imidazole rings is 1. The van der Waals surface area contributed by atoms with Gasteiger partial charge in [0, 0.05) is 43.2 Å². The number of aryl methyl sites for hydroxylation is 3. The zero-order valence-electron chi connectivity index (χ0n) is 19.3. The summed E-state index contributed by atoms with van der Waals surface area (Å²) in [5.41, 5.74) is 2.49. The van der Waals surface area contributed by atoms with E-state index in [1.807, 2.05) is 46.9 Å². The summed E-state index contributed by atoms with van der Waals surface area (Å²) in [6.07, 6.45) is 5.50. The third-order valence-corrected chi connectivity index (χ3v) is 7.17. The summed E-state index contributed by atoms with van der Waals surface area (Å²) in [6, 6.07) is 9.90. The molecular formula is C25H27N5O3S. The number of anilines is 1. The van der Waals surface area contributed by atoms with Crippen LogP contribution >= 0.6 is 11.3 Å². The highest BCUT2D eigenvalue weighted by molar-refractivity contribution is 7.16. The van der Waals surface area contributed by atoms with Crippen LogP contribution in [0.25, 0.3) is 0 Å². The standard InChI is InChI=1S/C25H27N5O3S/c1-17-27-10-13-29(17)12-9-24(32)30-11-8-20-21(15-26)25(34-22(20)16-30)28-23(31)7-6-18-4-3-5-19(14-18)33-2/h3-5,10,13-14H,6-9,11-12,16H2,1-2H3,(H,28,31). The molecule has 0 atom stereocenters. The summed E-state index contributed by atoms with van der Waals surface area (Å²) in [7, 11) is 1.61. The van der Waals surface area contributed by atoms with Gasteiger partial charge in [-0.15, -0.1) is 11.3 Å². The molecule has 0 fully saturated rings. The molecule has 0 aliphatic carbocycles. The van der Waals surface area contributed by atoms with Gasteiger partial charge in [0.1, 0.15) is 22.6 Å². The fourth-order valence-corrected chi connectivity index (χ4v) is 5.34. The van der Waals surface area contributed by atoms with Crippen LogP contribution in [0, 0.1) is 18.3 Å². The molecule has 3 aromatic rings. The number of hydrogen-bond donors (Lipinski definition) is 1. The Hall–Kier alpha value is -3.64. The minimum absolute atomic E-state index is 0.0783. The summed E-state index contributed by atoms with van der Waals surface area (Å²) in [5.74, 6) is 1.59. The van der Waals surface area contributed by atoms with E-state index in [1.54, 1.807) is 13.3 Å². The van der Waals surface area contributed by atoms with E-state index < -0.39 is 0 Å². The fourth-order valence-electron chi connectivity index (χ4n) is 4.11. The quantitative estimate of drug-likeness (QED) is 0.533. The van der Waals surface area contributed by atoms with Crippen LogP contribution in [0.3, 0.4) is 0 Å². The van der Waals surface area contributed by atoms with E-state index in [-0.39, 0.29) is 11.8 Å². The molecule has 0 radical (unpaired) electrons. The number of carbonyl (C=O) groups excluding carboxylic acids is 2. The number of aromatic nitrogens is 2. The van der Waals surface area contributed by atoms with Crippen molar-refractivity contribution in [1.82, 2.24) is 14.5 Å². The first-order valence-corrected chi connectivity index (χ1v) is 12.0. The molecule has 0 saturated heterocycles. The van der Waals surface area contributed by atoms with E-state index in [0.29, 0.717) is 55.9 Å². The Balaban J connectivity index is 1.37. The van der Waals surface area contributed by atoms with E-state index in [0.717, 1.165) is 27.6 Å². The number of fused-ring (bicyclic) bond motifs is 1. The minimum Gasteiger partial charge on any atom is -0.497 e. The van der Waals surface area contributed by atoms with Crippen molar-refractivity contribution in [3.05, 3.63) is 64.1 Å². The van der Waals surface area contributed by atoms with Crippen molar-refractivity contribution in [2.45, 2.75) is 45.7 Å².